The summed E-state index contributed by atoms with van der Waals surface area (Å²) in [5.74, 6) is -1.22. The van der Waals surface area contributed by atoms with Gasteiger partial charge < -0.3 is 5.11 Å². The molecule has 1 aromatic carbocycles. The number of nitrogens with zero attached hydrogens (tertiary/aromatic N) is 3. The van der Waals surface area contributed by atoms with Crippen LogP contribution in [-0.4, -0.2) is 30.8 Å². The molecule has 0 amide bonds. The molecule has 0 spiro atoms. The highest BCUT2D eigenvalue weighted by molar-refractivity contribution is 7.99. The van der Waals surface area contributed by atoms with Crippen molar-refractivity contribution in [2.24, 2.45) is 7.05 Å². The number of H-pyrrole nitrogens is 1. The van der Waals surface area contributed by atoms with Crippen LogP contribution in [0.15, 0.2) is 33.0 Å². The molecule has 0 unspecified atom stereocenters. The molecule has 104 valence electrons. The first-order valence-electron chi connectivity index (χ1n) is 5.21. The molecule has 0 saturated carbocycles. The second-order valence-electron chi connectivity index (χ2n) is 3.72. The Bertz CT molecular complexity index is 750. The quantitative estimate of drug-likeness (QED) is 0.632. The van der Waals surface area contributed by atoms with Gasteiger partial charge in [-0.2, -0.15) is 0 Å². The Balaban J connectivity index is 2.50. The van der Waals surface area contributed by atoms with Crippen molar-refractivity contribution in [2.75, 3.05) is 0 Å². The molecule has 2 rings (SSSR count). The molecule has 0 fully saturated rings. The van der Waals surface area contributed by atoms with Crippen molar-refractivity contribution in [3.05, 3.63) is 44.4 Å². The van der Waals surface area contributed by atoms with Gasteiger partial charge in [-0.15, -0.1) is 5.10 Å². The van der Waals surface area contributed by atoms with Crippen LogP contribution >= 0.6 is 11.8 Å². The summed E-state index contributed by atoms with van der Waals surface area (Å²) in [5.41, 5.74) is -0.802. The molecule has 1 heterocycles. The molecule has 10 heteroatoms. The predicted molar refractivity (Wildman–Crippen MR) is 68.0 cm³/mol. The van der Waals surface area contributed by atoms with Gasteiger partial charge in [0.1, 0.15) is 0 Å². The van der Waals surface area contributed by atoms with Gasteiger partial charge in [-0.05, 0) is 17.8 Å². The smallest absolute Gasteiger partial charge is 0.343 e. The molecule has 0 aliphatic heterocycles. The van der Waals surface area contributed by atoms with Gasteiger partial charge in [0.15, 0.2) is 5.16 Å². The highest BCUT2D eigenvalue weighted by Crippen LogP contribution is 2.31. The monoisotopic (exact) mass is 296 g/mol. The van der Waals surface area contributed by atoms with Crippen LogP contribution in [0.2, 0.25) is 0 Å². The Morgan fingerprint density at radius 3 is 2.75 bits per heavy atom. The van der Waals surface area contributed by atoms with Crippen molar-refractivity contribution in [1.82, 2.24) is 14.8 Å². The molecule has 1 aromatic heterocycles. The normalized spacial score (nSPS) is 10.4. The third kappa shape index (κ3) is 2.54. The zero-order valence-electron chi connectivity index (χ0n) is 10.1. The molecule has 0 saturated heterocycles. The number of aromatic carboxylic acids is 1. The van der Waals surface area contributed by atoms with E-state index in [1.807, 2.05) is 0 Å². The number of rotatable bonds is 4. The second kappa shape index (κ2) is 5.17. The first-order chi connectivity index (χ1) is 9.40. The van der Waals surface area contributed by atoms with E-state index in [9.17, 15) is 19.7 Å². The SMILES string of the molecule is Cn1c(Sc2cc([N+](=O)[O-])ccc2C(=O)O)n[nH]c1=O. The lowest BCUT2D eigenvalue weighted by Crippen LogP contribution is -2.13. The average molecular weight is 296 g/mol. The number of nitro groups is 1. The van der Waals surface area contributed by atoms with Crippen LogP contribution in [0.3, 0.4) is 0 Å². The predicted octanol–water partition coefficient (Wildman–Crippen LogP) is 0.866. The lowest BCUT2D eigenvalue weighted by Gasteiger charge is -2.04. The number of nitrogens with one attached hydrogen (secondary N) is 1. The molecular weight excluding hydrogens is 288 g/mol. The van der Waals surface area contributed by atoms with Crippen LogP contribution in [0.5, 0.6) is 0 Å². The number of non-ortho nitro benzene ring substituents is 1. The number of carbonyl (C=O) groups is 1. The average Bonchev–Trinajstić information content (AvgIpc) is 2.70. The summed E-state index contributed by atoms with van der Waals surface area (Å²) in [6.45, 7) is 0. The number of nitro benzene ring substituents is 1. The summed E-state index contributed by atoms with van der Waals surface area (Å²) in [5, 5.41) is 25.9. The second-order valence-corrected chi connectivity index (χ2v) is 4.72. The minimum Gasteiger partial charge on any atom is -0.478 e. The van der Waals surface area contributed by atoms with Gasteiger partial charge >= 0.3 is 11.7 Å². The van der Waals surface area contributed by atoms with Gasteiger partial charge in [-0.3, -0.25) is 14.7 Å². The van der Waals surface area contributed by atoms with E-state index in [2.05, 4.69) is 10.2 Å². The highest BCUT2D eigenvalue weighted by atomic mass is 32.2. The lowest BCUT2D eigenvalue weighted by molar-refractivity contribution is -0.385. The van der Waals surface area contributed by atoms with E-state index in [4.69, 9.17) is 5.11 Å². The number of carboxylic acids is 1. The number of aromatic nitrogens is 3. The van der Waals surface area contributed by atoms with Gasteiger partial charge in [0.2, 0.25) is 0 Å². The minimum absolute atomic E-state index is 0.101. The van der Waals surface area contributed by atoms with Crippen molar-refractivity contribution in [3.63, 3.8) is 0 Å². The van der Waals surface area contributed by atoms with Crippen molar-refractivity contribution >= 4 is 23.4 Å². The summed E-state index contributed by atoms with van der Waals surface area (Å²) < 4.78 is 1.18. The van der Waals surface area contributed by atoms with Crippen LogP contribution in [0.25, 0.3) is 0 Å². The van der Waals surface area contributed by atoms with E-state index in [0.29, 0.717) is 0 Å². The molecule has 2 aromatic rings. The van der Waals surface area contributed by atoms with E-state index in [1.165, 1.54) is 11.6 Å². The van der Waals surface area contributed by atoms with Crippen LogP contribution in [0.4, 0.5) is 5.69 Å². The maximum atomic E-state index is 11.2. The Labute approximate surface area is 115 Å². The minimum atomic E-state index is -1.22. The number of aromatic amines is 1. The molecule has 0 atom stereocenters. The zero-order valence-corrected chi connectivity index (χ0v) is 10.9. The molecule has 2 N–H and O–H groups in total. The highest BCUT2D eigenvalue weighted by Gasteiger charge is 2.18. The zero-order chi connectivity index (χ0) is 14.9. The number of hydrogen-bond donors (Lipinski definition) is 2. The number of carboxylic acid groups (broad SMARTS) is 1. The molecular formula is C10H8N4O5S. The Kier molecular flexibility index (Phi) is 3.57. The van der Waals surface area contributed by atoms with Crippen molar-refractivity contribution in [2.45, 2.75) is 10.1 Å². The van der Waals surface area contributed by atoms with Crippen LogP contribution in [0.1, 0.15) is 10.4 Å². The Hall–Kier alpha value is -2.62. The fourth-order valence-corrected chi connectivity index (χ4v) is 2.36. The standard InChI is InChI=1S/C10H8N4O5S/c1-13-9(17)11-12-10(13)20-7-4-5(14(18)19)2-3-6(7)8(15)16/h2-4H,1H3,(H,11,17)(H,15,16). The summed E-state index contributed by atoms with van der Waals surface area (Å²) in [7, 11) is 1.45. The third-order valence-electron chi connectivity index (χ3n) is 2.45. The summed E-state index contributed by atoms with van der Waals surface area (Å²) in [6.07, 6.45) is 0. The molecule has 0 bridgehead atoms. The number of benzene rings is 1. The fourth-order valence-electron chi connectivity index (χ4n) is 1.41. The first-order valence-corrected chi connectivity index (χ1v) is 6.03. The maximum Gasteiger partial charge on any atom is 0.343 e. The first kappa shape index (κ1) is 13.8. The van der Waals surface area contributed by atoms with Crippen LogP contribution < -0.4 is 5.69 Å². The van der Waals surface area contributed by atoms with Crippen molar-refractivity contribution in [1.29, 1.82) is 0 Å². The van der Waals surface area contributed by atoms with E-state index >= 15 is 0 Å². The van der Waals surface area contributed by atoms with E-state index in [-0.39, 0.29) is 21.3 Å². The van der Waals surface area contributed by atoms with Gasteiger partial charge in [0.25, 0.3) is 5.69 Å². The largest absolute Gasteiger partial charge is 0.478 e. The van der Waals surface area contributed by atoms with Crippen LogP contribution in [0, 0.1) is 10.1 Å². The van der Waals surface area contributed by atoms with E-state index in [0.717, 1.165) is 30.0 Å². The molecule has 0 aliphatic carbocycles. The molecule has 0 aliphatic rings. The molecule has 9 nitrogen and oxygen atoms in total. The maximum absolute atomic E-state index is 11.2. The molecule has 20 heavy (non-hydrogen) atoms. The van der Waals surface area contributed by atoms with Gasteiger partial charge in [-0.1, -0.05) is 0 Å². The third-order valence-corrected chi connectivity index (χ3v) is 3.55. The Morgan fingerprint density at radius 2 is 2.25 bits per heavy atom. The topological polar surface area (TPSA) is 131 Å². The van der Waals surface area contributed by atoms with Crippen LogP contribution in [-0.2, 0) is 7.05 Å². The summed E-state index contributed by atoms with van der Waals surface area (Å²) >= 11 is 0.857. The van der Waals surface area contributed by atoms with Gasteiger partial charge in [0.05, 0.1) is 10.5 Å². The van der Waals surface area contributed by atoms with Gasteiger partial charge in [-0.25, -0.2) is 14.7 Å². The fraction of sp³-hybridized carbons (Fsp3) is 0.100. The van der Waals surface area contributed by atoms with E-state index in [1.54, 1.807) is 0 Å². The summed E-state index contributed by atoms with van der Waals surface area (Å²) in [4.78, 5) is 32.6. The van der Waals surface area contributed by atoms with Gasteiger partial charge in [0, 0.05) is 24.1 Å². The summed E-state index contributed by atoms with van der Waals surface area (Å²) in [6, 6.07) is 3.39. The number of hydrogen-bond acceptors (Lipinski definition) is 6. The Morgan fingerprint density at radius 1 is 1.55 bits per heavy atom. The molecule has 0 radical (unpaired) electrons. The van der Waals surface area contributed by atoms with E-state index < -0.39 is 16.6 Å². The lowest BCUT2D eigenvalue weighted by atomic mass is 10.2. The van der Waals surface area contributed by atoms with Crippen molar-refractivity contribution in [3.8, 4) is 0 Å². The van der Waals surface area contributed by atoms with Crippen molar-refractivity contribution < 1.29 is 14.8 Å².